The SMILES string of the molecule is CCOC(=O)C1=NN(c2ccc(Cl)cc2Cl)C(=O)[C@H]1[C@@H](Cl)[C@@]1(Cl)C(=O)N(c2ccc(Cl)cc2Cl)N=C1C(=O)OCC. The molecule has 4 rings (SSSR count). The molecule has 2 aromatic rings. The Bertz CT molecular complexity index is 1520. The van der Waals surface area contributed by atoms with Crippen molar-refractivity contribution in [1.82, 2.24) is 0 Å². The van der Waals surface area contributed by atoms with Gasteiger partial charge >= 0.3 is 11.9 Å². The van der Waals surface area contributed by atoms with Crippen molar-refractivity contribution in [2.45, 2.75) is 24.1 Å². The van der Waals surface area contributed by atoms with Crippen LogP contribution in [-0.2, 0) is 28.7 Å². The summed E-state index contributed by atoms with van der Waals surface area (Å²) >= 11 is 38.3. The van der Waals surface area contributed by atoms with E-state index < -0.39 is 51.3 Å². The van der Waals surface area contributed by atoms with Crippen LogP contribution in [0.4, 0.5) is 11.4 Å². The fraction of sp³-hybridized carbons (Fsp3) is 0.280. The molecule has 216 valence electrons. The predicted octanol–water partition coefficient (Wildman–Crippen LogP) is 5.73. The highest BCUT2D eigenvalue weighted by Crippen LogP contribution is 2.44. The maximum Gasteiger partial charge on any atom is 0.357 e. The molecule has 0 N–H and O–H groups in total. The first-order valence-corrected chi connectivity index (χ1v) is 14.1. The Labute approximate surface area is 263 Å². The first-order valence-electron chi connectivity index (χ1n) is 11.8. The van der Waals surface area contributed by atoms with Gasteiger partial charge in [0.25, 0.3) is 11.8 Å². The van der Waals surface area contributed by atoms with Crippen LogP contribution in [-0.4, -0.2) is 58.6 Å². The molecule has 2 aromatic carbocycles. The fourth-order valence-corrected chi connectivity index (χ4v) is 5.81. The Balaban J connectivity index is 1.83. The molecule has 16 heteroatoms. The van der Waals surface area contributed by atoms with E-state index in [0.29, 0.717) is 0 Å². The number of ether oxygens (including phenoxy) is 2. The maximum absolute atomic E-state index is 13.9. The first kappa shape index (κ1) is 31.3. The predicted molar refractivity (Wildman–Crippen MR) is 158 cm³/mol. The van der Waals surface area contributed by atoms with E-state index in [1.165, 1.54) is 43.3 Å². The van der Waals surface area contributed by atoms with Gasteiger partial charge < -0.3 is 9.47 Å². The van der Waals surface area contributed by atoms with E-state index in [9.17, 15) is 19.2 Å². The molecule has 0 saturated heterocycles. The number of esters is 2. The third kappa shape index (κ3) is 5.61. The van der Waals surface area contributed by atoms with Crippen molar-refractivity contribution < 1.29 is 28.7 Å². The molecule has 0 saturated carbocycles. The highest BCUT2D eigenvalue weighted by atomic mass is 35.5. The number of hydrazone groups is 2. The summed E-state index contributed by atoms with van der Waals surface area (Å²) in [5.74, 6) is -5.75. The topological polar surface area (TPSA) is 118 Å². The average molecular weight is 683 g/mol. The molecule has 0 radical (unpaired) electrons. The van der Waals surface area contributed by atoms with E-state index in [2.05, 4.69) is 10.2 Å². The molecule has 10 nitrogen and oxygen atoms in total. The zero-order valence-corrected chi connectivity index (χ0v) is 25.6. The quantitative estimate of drug-likeness (QED) is 0.259. The molecule has 0 aromatic heterocycles. The Kier molecular flexibility index (Phi) is 9.42. The molecule has 0 unspecified atom stereocenters. The second kappa shape index (κ2) is 12.3. The lowest BCUT2D eigenvalue weighted by Gasteiger charge is -2.30. The number of amides is 2. The number of halogens is 6. The summed E-state index contributed by atoms with van der Waals surface area (Å²) in [4.78, 5) is 51.2. The van der Waals surface area contributed by atoms with Crippen molar-refractivity contribution in [3.8, 4) is 0 Å². The first-order chi connectivity index (χ1) is 19.4. The van der Waals surface area contributed by atoms with E-state index in [-0.39, 0.29) is 44.7 Å². The number of anilines is 2. The monoisotopic (exact) mass is 680 g/mol. The van der Waals surface area contributed by atoms with Crippen molar-refractivity contribution in [1.29, 1.82) is 0 Å². The minimum atomic E-state index is -2.54. The zero-order valence-electron chi connectivity index (χ0n) is 21.0. The van der Waals surface area contributed by atoms with Gasteiger partial charge in [-0.15, -0.1) is 11.6 Å². The largest absolute Gasteiger partial charge is 0.461 e. The van der Waals surface area contributed by atoms with Gasteiger partial charge in [0.2, 0.25) is 0 Å². The zero-order chi connectivity index (χ0) is 30.2. The third-order valence-electron chi connectivity index (χ3n) is 5.93. The summed E-state index contributed by atoms with van der Waals surface area (Å²) in [5, 5.41) is 8.52. The highest BCUT2D eigenvalue weighted by molar-refractivity contribution is 6.66. The van der Waals surface area contributed by atoms with Gasteiger partial charge in [-0.3, -0.25) is 9.59 Å². The van der Waals surface area contributed by atoms with Gasteiger partial charge in [0.05, 0.1) is 40.0 Å². The molecule has 2 amide bonds. The summed E-state index contributed by atoms with van der Waals surface area (Å²) in [7, 11) is 0. The molecule has 2 aliphatic rings. The van der Waals surface area contributed by atoms with Crippen molar-refractivity contribution in [2.24, 2.45) is 16.1 Å². The number of carbonyl (C=O) groups excluding carboxylic acids is 4. The molecular weight excluding hydrogens is 665 g/mol. The van der Waals surface area contributed by atoms with Crippen LogP contribution < -0.4 is 10.0 Å². The number of nitrogens with zero attached hydrogens (tertiary/aromatic N) is 4. The Morgan fingerprint density at radius 2 is 1.39 bits per heavy atom. The smallest absolute Gasteiger partial charge is 0.357 e. The van der Waals surface area contributed by atoms with E-state index in [1.54, 1.807) is 6.92 Å². The number of carbonyl (C=O) groups is 4. The number of hydrogen-bond acceptors (Lipinski definition) is 8. The highest BCUT2D eigenvalue weighted by Gasteiger charge is 2.64. The van der Waals surface area contributed by atoms with E-state index in [4.69, 9.17) is 79.1 Å². The Morgan fingerprint density at radius 3 is 1.90 bits per heavy atom. The molecule has 2 aliphatic heterocycles. The number of rotatable bonds is 8. The van der Waals surface area contributed by atoms with Crippen LogP contribution in [0.5, 0.6) is 0 Å². The van der Waals surface area contributed by atoms with Crippen molar-refractivity contribution >= 4 is 116 Å². The van der Waals surface area contributed by atoms with Gasteiger partial charge in [-0.1, -0.05) is 58.0 Å². The summed E-state index contributed by atoms with van der Waals surface area (Å²) in [6.45, 7) is 2.89. The molecule has 3 atom stereocenters. The van der Waals surface area contributed by atoms with Crippen molar-refractivity contribution in [3.63, 3.8) is 0 Å². The number of benzene rings is 2. The van der Waals surface area contributed by atoms with Gasteiger partial charge in [-0.2, -0.15) is 20.2 Å². The Hall–Kier alpha value is -2.60. The lowest BCUT2D eigenvalue weighted by molar-refractivity contribution is -0.136. The molecule has 0 fully saturated rings. The van der Waals surface area contributed by atoms with Gasteiger partial charge in [0.15, 0.2) is 16.3 Å². The van der Waals surface area contributed by atoms with Gasteiger partial charge in [0.1, 0.15) is 5.92 Å². The lowest BCUT2D eigenvalue weighted by Crippen LogP contribution is -2.56. The summed E-state index contributed by atoms with van der Waals surface area (Å²) < 4.78 is 10.2. The minimum absolute atomic E-state index is 0.000814. The van der Waals surface area contributed by atoms with Gasteiger partial charge in [-0.05, 0) is 50.2 Å². The standard InChI is InChI=1S/C25H18Cl6N4O6/c1-3-40-22(37)18-17(21(36)34(32-18)15-7-5-11(26)9-13(15)28)19(30)25(31)20(23(38)41-4-2)33-35(24(25)39)16-8-6-12(27)10-14(16)29/h5-10,17,19H,3-4H2,1-2H3/t17-,19-,25+/m1/s1. The maximum atomic E-state index is 13.9. The Morgan fingerprint density at radius 1 is 0.878 bits per heavy atom. The van der Waals surface area contributed by atoms with Crippen LogP contribution in [0.2, 0.25) is 20.1 Å². The molecular formula is C25H18Cl6N4O6. The van der Waals surface area contributed by atoms with Crippen LogP contribution in [0.15, 0.2) is 46.6 Å². The van der Waals surface area contributed by atoms with E-state index in [0.717, 1.165) is 10.0 Å². The summed E-state index contributed by atoms with van der Waals surface area (Å²) in [6, 6.07) is 8.35. The normalized spacial score (nSPS) is 21.1. The van der Waals surface area contributed by atoms with Crippen molar-refractivity contribution in [2.75, 3.05) is 23.2 Å². The molecule has 0 bridgehead atoms. The molecule has 0 spiro atoms. The molecule has 41 heavy (non-hydrogen) atoms. The molecule has 2 heterocycles. The van der Waals surface area contributed by atoms with Crippen molar-refractivity contribution in [3.05, 3.63) is 56.5 Å². The second-order valence-corrected chi connectivity index (χ2v) is 11.2. The summed E-state index contributed by atoms with van der Waals surface area (Å²) in [5.41, 5.74) is -1.05. The number of hydrogen-bond donors (Lipinski definition) is 0. The van der Waals surface area contributed by atoms with Crippen LogP contribution >= 0.6 is 69.6 Å². The van der Waals surface area contributed by atoms with Crippen LogP contribution in [0, 0.1) is 5.92 Å². The van der Waals surface area contributed by atoms with Gasteiger partial charge in [0, 0.05) is 10.0 Å². The lowest BCUT2D eigenvalue weighted by atomic mass is 9.85. The summed E-state index contributed by atoms with van der Waals surface area (Å²) in [6.07, 6.45) is 0. The van der Waals surface area contributed by atoms with Crippen LogP contribution in [0.25, 0.3) is 0 Å². The van der Waals surface area contributed by atoms with E-state index in [1.807, 2.05) is 0 Å². The van der Waals surface area contributed by atoms with Gasteiger partial charge in [-0.25, -0.2) is 9.59 Å². The average Bonchev–Trinajstić information content (AvgIpc) is 3.38. The van der Waals surface area contributed by atoms with Crippen LogP contribution in [0.3, 0.4) is 0 Å². The number of alkyl halides is 2. The minimum Gasteiger partial charge on any atom is -0.461 e. The fourth-order valence-electron chi connectivity index (χ4n) is 4.09. The molecule has 0 aliphatic carbocycles. The van der Waals surface area contributed by atoms with E-state index >= 15 is 0 Å². The second-order valence-electron chi connectivity index (χ2n) is 8.42. The third-order valence-corrected chi connectivity index (χ3v) is 8.27. The van der Waals surface area contributed by atoms with Crippen LogP contribution in [0.1, 0.15) is 13.8 Å².